The normalized spacial score (nSPS) is 10.1. The molecule has 2 N–H and O–H groups in total. The molecule has 174 valence electrons. The molecule has 0 atom stereocenters. The van der Waals surface area contributed by atoms with Crippen molar-refractivity contribution in [1.29, 1.82) is 0 Å². The number of aromatic amines is 1. The van der Waals surface area contributed by atoms with Gasteiger partial charge in [-0.15, -0.1) is 0 Å². The van der Waals surface area contributed by atoms with Gasteiger partial charge in [-0.25, -0.2) is 0 Å². The summed E-state index contributed by atoms with van der Waals surface area (Å²) >= 11 is 0. The van der Waals surface area contributed by atoms with Gasteiger partial charge in [-0.1, -0.05) is 84.4 Å². The molecule has 0 bridgehead atoms. The van der Waals surface area contributed by atoms with E-state index in [1.165, 1.54) is 37.7 Å². The molecule has 0 amide bonds. The number of ether oxygens (including phenoxy) is 1. The zero-order valence-corrected chi connectivity index (χ0v) is 20.7. The van der Waals surface area contributed by atoms with E-state index in [2.05, 4.69) is 48.2 Å². The van der Waals surface area contributed by atoms with Crippen LogP contribution in [0.4, 0.5) is 0 Å². The van der Waals surface area contributed by atoms with E-state index in [9.17, 15) is 0 Å². The molecular weight excluding hydrogens is 380 g/mol. The molecule has 0 aliphatic heterocycles. The van der Waals surface area contributed by atoms with E-state index in [4.69, 9.17) is 4.74 Å². The third-order valence-corrected chi connectivity index (χ3v) is 4.48. The summed E-state index contributed by atoms with van der Waals surface area (Å²) < 4.78 is 5.68. The van der Waals surface area contributed by atoms with Gasteiger partial charge in [0.05, 0.1) is 0 Å². The summed E-state index contributed by atoms with van der Waals surface area (Å²) in [5.41, 5.74) is 3.61. The highest BCUT2D eigenvalue weighted by atomic mass is 16.5. The van der Waals surface area contributed by atoms with E-state index in [-0.39, 0.29) is 0 Å². The number of rotatable bonds is 14. The first kappa shape index (κ1) is 28.7. The Morgan fingerprint density at radius 2 is 1.68 bits per heavy atom. The highest BCUT2D eigenvalue weighted by Crippen LogP contribution is 2.12. The molecule has 2 rings (SSSR count). The number of aromatic nitrogens is 1. The van der Waals surface area contributed by atoms with Crippen molar-refractivity contribution in [1.82, 2.24) is 10.3 Å². The van der Waals surface area contributed by atoms with Crippen LogP contribution in [-0.2, 0) is 17.8 Å². The van der Waals surface area contributed by atoms with Crippen LogP contribution in [-0.4, -0.2) is 18.1 Å². The van der Waals surface area contributed by atoms with Crippen molar-refractivity contribution in [2.45, 2.75) is 79.8 Å². The van der Waals surface area contributed by atoms with Crippen molar-refractivity contribution >= 4 is 6.08 Å². The average molecular weight is 427 g/mol. The van der Waals surface area contributed by atoms with Crippen LogP contribution in [0.15, 0.2) is 61.0 Å². The lowest BCUT2D eigenvalue weighted by Crippen LogP contribution is -2.15. The van der Waals surface area contributed by atoms with Gasteiger partial charge in [-0.3, -0.25) is 0 Å². The van der Waals surface area contributed by atoms with Gasteiger partial charge in [0.2, 0.25) is 0 Å². The number of benzene rings is 1. The van der Waals surface area contributed by atoms with Crippen molar-refractivity contribution in [3.05, 3.63) is 77.8 Å². The van der Waals surface area contributed by atoms with Gasteiger partial charge in [-0.05, 0) is 68.1 Å². The van der Waals surface area contributed by atoms with E-state index < -0.39 is 0 Å². The maximum Gasteiger partial charge on any atom is 0.113 e. The molecule has 0 aliphatic rings. The highest BCUT2D eigenvalue weighted by Gasteiger charge is 1.98. The third-order valence-electron chi connectivity index (χ3n) is 4.48. The van der Waals surface area contributed by atoms with Crippen molar-refractivity contribution in [3.63, 3.8) is 0 Å². The van der Waals surface area contributed by atoms with Crippen LogP contribution < -0.4 is 5.32 Å². The molecule has 0 saturated carbocycles. The van der Waals surface area contributed by atoms with Crippen LogP contribution in [0.2, 0.25) is 0 Å². The van der Waals surface area contributed by atoms with Gasteiger partial charge in [0.25, 0.3) is 0 Å². The zero-order chi connectivity index (χ0) is 23.2. The quantitative estimate of drug-likeness (QED) is 0.183. The summed E-state index contributed by atoms with van der Waals surface area (Å²) in [6, 6.07) is 12.4. The van der Waals surface area contributed by atoms with Crippen molar-refractivity contribution in [2.24, 2.45) is 0 Å². The zero-order valence-electron chi connectivity index (χ0n) is 20.7. The Morgan fingerprint density at radius 3 is 2.39 bits per heavy atom. The highest BCUT2D eigenvalue weighted by molar-refractivity contribution is 5.49. The summed E-state index contributed by atoms with van der Waals surface area (Å²) in [5.74, 6) is 0.673. The Hall–Kier alpha value is -2.26. The molecular formula is C28H46N2O. The van der Waals surface area contributed by atoms with E-state index >= 15 is 0 Å². The smallest absolute Gasteiger partial charge is 0.113 e. The number of aryl methyl sites for hydroxylation is 1. The fourth-order valence-corrected chi connectivity index (χ4v) is 2.92. The monoisotopic (exact) mass is 426 g/mol. The Labute approximate surface area is 192 Å². The predicted octanol–water partition coefficient (Wildman–Crippen LogP) is 7.91. The second-order valence-electron chi connectivity index (χ2n) is 6.95. The van der Waals surface area contributed by atoms with Crippen molar-refractivity contribution in [3.8, 4) is 0 Å². The second kappa shape index (κ2) is 21.0. The maximum atomic E-state index is 5.68. The summed E-state index contributed by atoms with van der Waals surface area (Å²) in [6.45, 7) is 17.0. The molecule has 0 fully saturated rings. The van der Waals surface area contributed by atoms with Crippen LogP contribution >= 0.6 is 0 Å². The topological polar surface area (TPSA) is 37.0 Å². The first-order valence-corrected chi connectivity index (χ1v) is 12.2. The molecule has 3 heteroatoms. The SMILES string of the molecule is C=C(/C=C\c1cc(CCCCCCNCCC)c[nH]1)OCc1ccccc1.CC.CC. The number of unbranched alkanes of at least 4 members (excludes halogenated alkanes) is 3. The van der Waals surface area contributed by atoms with Gasteiger partial charge in [-0.2, -0.15) is 0 Å². The number of hydrogen-bond donors (Lipinski definition) is 2. The molecule has 2 aromatic rings. The fraction of sp³-hybridized carbons (Fsp3) is 0.500. The Kier molecular flexibility index (Phi) is 19.5. The average Bonchev–Trinajstić information content (AvgIpc) is 3.29. The molecule has 1 heterocycles. The largest absolute Gasteiger partial charge is 0.490 e. The molecule has 31 heavy (non-hydrogen) atoms. The molecule has 0 aliphatic carbocycles. The van der Waals surface area contributed by atoms with E-state index in [0.717, 1.165) is 30.8 Å². The minimum absolute atomic E-state index is 0.550. The molecule has 0 unspecified atom stereocenters. The van der Waals surface area contributed by atoms with E-state index in [0.29, 0.717) is 12.4 Å². The van der Waals surface area contributed by atoms with Crippen LogP contribution in [0.1, 0.15) is 83.5 Å². The van der Waals surface area contributed by atoms with Crippen molar-refractivity contribution < 1.29 is 4.74 Å². The van der Waals surface area contributed by atoms with E-state index in [1.807, 2.05) is 58.0 Å². The van der Waals surface area contributed by atoms with E-state index in [1.54, 1.807) is 0 Å². The lowest BCUT2D eigenvalue weighted by Gasteiger charge is -2.05. The van der Waals surface area contributed by atoms with Gasteiger partial charge >= 0.3 is 0 Å². The number of allylic oxidation sites excluding steroid dienone is 1. The Morgan fingerprint density at radius 1 is 0.968 bits per heavy atom. The van der Waals surface area contributed by atoms with Crippen LogP contribution in [0, 0.1) is 0 Å². The molecule has 1 aromatic heterocycles. The summed E-state index contributed by atoms with van der Waals surface area (Å²) in [5, 5.41) is 3.46. The van der Waals surface area contributed by atoms with Gasteiger partial charge in [0, 0.05) is 11.9 Å². The summed E-state index contributed by atoms with van der Waals surface area (Å²) in [6.07, 6.45) is 13.6. The summed E-state index contributed by atoms with van der Waals surface area (Å²) in [7, 11) is 0. The second-order valence-corrected chi connectivity index (χ2v) is 6.95. The van der Waals surface area contributed by atoms with Gasteiger partial charge in [0.1, 0.15) is 12.4 Å². The third kappa shape index (κ3) is 15.2. The first-order chi connectivity index (χ1) is 15.3. The number of H-pyrrole nitrogens is 1. The molecule has 3 nitrogen and oxygen atoms in total. The number of nitrogens with one attached hydrogen (secondary N) is 2. The lowest BCUT2D eigenvalue weighted by molar-refractivity contribution is 0.213. The summed E-state index contributed by atoms with van der Waals surface area (Å²) in [4.78, 5) is 3.32. The minimum Gasteiger partial charge on any atom is -0.490 e. The molecule has 0 radical (unpaired) electrons. The van der Waals surface area contributed by atoms with Crippen LogP contribution in [0.3, 0.4) is 0 Å². The maximum absolute atomic E-state index is 5.68. The molecule has 0 saturated heterocycles. The molecule has 1 aromatic carbocycles. The predicted molar refractivity (Wildman–Crippen MR) is 138 cm³/mol. The standard InChI is InChI=1S/C24H34N2O.2C2H6/c1-3-16-25-17-10-5-4-7-13-23-18-24(26-19-23)15-14-21(2)27-20-22-11-8-6-9-12-22;2*1-2/h6,8-9,11-12,14-15,18-19,25-26H,2-5,7,10,13,16-17,20H2,1H3;2*1-2H3/b15-14-;;. The molecule has 0 spiro atoms. The van der Waals surface area contributed by atoms with Gasteiger partial charge < -0.3 is 15.0 Å². The Balaban J connectivity index is 0.00000212. The number of hydrogen-bond acceptors (Lipinski definition) is 2. The Bertz CT molecular complexity index is 673. The van der Waals surface area contributed by atoms with Crippen LogP contribution in [0.5, 0.6) is 0 Å². The van der Waals surface area contributed by atoms with Crippen molar-refractivity contribution in [2.75, 3.05) is 13.1 Å². The fourth-order valence-electron chi connectivity index (χ4n) is 2.92. The van der Waals surface area contributed by atoms with Gasteiger partial charge in [0.15, 0.2) is 0 Å². The van der Waals surface area contributed by atoms with Crippen LogP contribution in [0.25, 0.3) is 6.08 Å². The first-order valence-electron chi connectivity index (χ1n) is 12.2. The minimum atomic E-state index is 0.550. The lowest BCUT2D eigenvalue weighted by atomic mass is 10.1.